The van der Waals surface area contributed by atoms with Crippen LogP contribution in [-0.4, -0.2) is 48.1 Å². The summed E-state index contributed by atoms with van der Waals surface area (Å²) in [6, 6.07) is 7.25. The standard InChI is InChI=1S/C16H22N2O3/c1-11-5-3-4-6-13(11)16(21)17-9-15(20)18(2)10-14(19)12-7-8-12/h3-6,12,14,19H,7-10H2,1-2H3,(H,17,21). The normalized spacial score (nSPS) is 15.4. The van der Waals surface area contributed by atoms with Gasteiger partial charge in [0.1, 0.15) is 0 Å². The van der Waals surface area contributed by atoms with E-state index in [1.54, 1.807) is 19.2 Å². The highest BCUT2D eigenvalue weighted by atomic mass is 16.3. The van der Waals surface area contributed by atoms with Gasteiger partial charge in [-0.15, -0.1) is 0 Å². The lowest BCUT2D eigenvalue weighted by atomic mass is 10.1. The number of amides is 2. The van der Waals surface area contributed by atoms with E-state index >= 15 is 0 Å². The van der Waals surface area contributed by atoms with Gasteiger partial charge in [-0.25, -0.2) is 0 Å². The number of nitrogens with one attached hydrogen (secondary N) is 1. The summed E-state index contributed by atoms with van der Waals surface area (Å²) < 4.78 is 0. The number of nitrogens with zero attached hydrogens (tertiary/aromatic N) is 1. The Balaban J connectivity index is 1.80. The lowest BCUT2D eigenvalue weighted by molar-refractivity contribution is -0.130. The second-order valence-electron chi connectivity index (χ2n) is 5.68. The van der Waals surface area contributed by atoms with Crippen LogP contribution in [0.25, 0.3) is 0 Å². The Morgan fingerprint density at radius 1 is 1.38 bits per heavy atom. The van der Waals surface area contributed by atoms with Crippen LogP contribution < -0.4 is 5.32 Å². The molecule has 0 spiro atoms. The average molecular weight is 290 g/mol. The molecule has 0 saturated heterocycles. The molecule has 0 bridgehead atoms. The van der Waals surface area contributed by atoms with Crippen molar-refractivity contribution >= 4 is 11.8 Å². The summed E-state index contributed by atoms with van der Waals surface area (Å²) in [6.07, 6.45) is 1.62. The van der Waals surface area contributed by atoms with E-state index in [1.807, 2.05) is 19.1 Å². The molecule has 0 radical (unpaired) electrons. The average Bonchev–Trinajstić information content (AvgIpc) is 3.29. The van der Waals surface area contributed by atoms with Crippen molar-refractivity contribution in [3.05, 3.63) is 35.4 Å². The van der Waals surface area contributed by atoms with Gasteiger partial charge in [0, 0.05) is 19.2 Å². The molecule has 1 saturated carbocycles. The van der Waals surface area contributed by atoms with Gasteiger partial charge >= 0.3 is 0 Å². The molecule has 1 atom stereocenters. The van der Waals surface area contributed by atoms with Gasteiger partial charge in [-0.05, 0) is 37.3 Å². The number of rotatable bonds is 6. The molecule has 114 valence electrons. The molecule has 0 heterocycles. The van der Waals surface area contributed by atoms with Crippen LogP contribution in [0.1, 0.15) is 28.8 Å². The molecule has 1 aliphatic rings. The first-order valence-electron chi connectivity index (χ1n) is 7.25. The smallest absolute Gasteiger partial charge is 0.251 e. The number of benzene rings is 1. The van der Waals surface area contributed by atoms with Gasteiger partial charge in [0.15, 0.2) is 0 Å². The van der Waals surface area contributed by atoms with Crippen LogP contribution in [0.2, 0.25) is 0 Å². The molecule has 1 aromatic carbocycles. The SMILES string of the molecule is Cc1ccccc1C(=O)NCC(=O)N(C)CC(O)C1CC1. The summed E-state index contributed by atoms with van der Waals surface area (Å²) in [7, 11) is 1.65. The lowest BCUT2D eigenvalue weighted by Crippen LogP contribution is -2.41. The van der Waals surface area contributed by atoms with Gasteiger partial charge in [0.25, 0.3) is 5.91 Å². The number of likely N-dealkylation sites (N-methyl/N-ethyl adjacent to an activating group) is 1. The minimum atomic E-state index is -0.453. The van der Waals surface area contributed by atoms with E-state index < -0.39 is 6.10 Å². The third-order valence-electron chi connectivity index (χ3n) is 3.84. The molecule has 2 N–H and O–H groups in total. The Morgan fingerprint density at radius 3 is 2.67 bits per heavy atom. The minimum absolute atomic E-state index is 0.0545. The Morgan fingerprint density at radius 2 is 2.05 bits per heavy atom. The summed E-state index contributed by atoms with van der Waals surface area (Å²) in [5.74, 6) is -0.115. The molecule has 0 aromatic heterocycles. The summed E-state index contributed by atoms with van der Waals surface area (Å²) in [4.78, 5) is 25.4. The summed E-state index contributed by atoms with van der Waals surface area (Å²) in [5, 5.41) is 12.4. The Bertz CT molecular complexity index is 526. The van der Waals surface area contributed by atoms with E-state index in [1.165, 1.54) is 4.90 Å². The van der Waals surface area contributed by atoms with Gasteiger partial charge in [0.05, 0.1) is 12.6 Å². The first kappa shape index (κ1) is 15.5. The van der Waals surface area contributed by atoms with Crippen LogP contribution in [0.5, 0.6) is 0 Å². The number of aryl methyl sites for hydroxylation is 1. The van der Waals surface area contributed by atoms with Gasteiger partial charge in [-0.1, -0.05) is 18.2 Å². The molecule has 2 amide bonds. The summed E-state index contributed by atoms with van der Waals surface area (Å²) >= 11 is 0. The maximum atomic E-state index is 12.0. The molecular formula is C16H22N2O3. The number of aliphatic hydroxyl groups is 1. The van der Waals surface area contributed by atoms with E-state index in [4.69, 9.17) is 0 Å². The second-order valence-corrected chi connectivity index (χ2v) is 5.68. The molecule has 5 heteroatoms. The highest BCUT2D eigenvalue weighted by Crippen LogP contribution is 2.32. The first-order valence-corrected chi connectivity index (χ1v) is 7.25. The minimum Gasteiger partial charge on any atom is -0.391 e. The van der Waals surface area contributed by atoms with Crippen molar-refractivity contribution < 1.29 is 14.7 Å². The van der Waals surface area contributed by atoms with Crippen molar-refractivity contribution in [1.29, 1.82) is 0 Å². The van der Waals surface area contributed by atoms with Crippen LogP contribution in [0, 0.1) is 12.8 Å². The van der Waals surface area contributed by atoms with Crippen LogP contribution in [-0.2, 0) is 4.79 Å². The predicted octanol–water partition coefficient (Wildman–Crippen LogP) is 0.954. The number of hydrogen-bond acceptors (Lipinski definition) is 3. The molecular weight excluding hydrogens is 268 g/mol. The molecule has 5 nitrogen and oxygen atoms in total. The molecule has 1 fully saturated rings. The topological polar surface area (TPSA) is 69.6 Å². The zero-order valence-electron chi connectivity index (χ0n) is 12.5. The van der Waals surface area contributed by atoms with Crippen molar-refractivity contribution in [3.63, 3.8) is 0 Å². The van der Waals surface area contributed by atoms with Crippen molar-refractivity contribution in [2.24, 2.45) is 5.92 Å². The second kappa shape index (κ2) is 6.72. The molecule has 1 aromatic rings. The third-order valence-corrected chi connectivity index (χ3v) is 3.84. The quantitative estimate of drug-likeness (QED) is 0.819. The highest BCUT2D eigenvalue weighted by Gasteiger charge is 2.31. The number of hydrogen-bond donors (Lipinski definition) is 2. The number of carbonyl (C=O) groups excluding carboxylic acids is 2. The van der Waals surface area contributed by atoms with Gasteiger partial charge in [-0.3, -0.25) is 9.59 Å². The van der Waals surface area contributed by atoms with E-state index in [0.29, 0.717) is 18.0 Å². The molecule has 1 aliphatic carbocycles. The highest BCUT2D eigenvalue weighted by molar-refractivity contribution is 5.97. The van der Waals surface area contributed by atoms with Crippen molar-refractivity contribution in [1.82, 2.24) is 10.2 Å². The van der Waals surface area contributed by atoms with E-state index in [9.17, 15) is 14.7 Å². The van der Waals surface area contributed by atoms with Crippen molar-refractivity contribution in [2.75, 3.05) is 20.1 Å². The molecule has 21 heavy (non-hydrogen) atoms. The van der Waals surface area contributed by atoms with E-state index in [-0.39, 0.29) is 18.4 Å². The maximum absolute atomic E-state index is 12.0. The van der Waals surface area contributed by atoms with Gasteiger partial charge in [-0.2, -0.15) is 0 Å². The summed E-state index contributed by atoms with van der Waals surface area (Å²) in [5.41, 5.74) is 1.45. The first-order chi connectivity index (χ1) is 9.99. The predicted molar refractivity (Wildman–Crippen MR) is 79.9 cm³/mol. The Hall–Kier alpha value is -1.88. The largest absolute Gasteiger partial charge is 0.391 e. The number of aliphatic hydroxyl groups excluding tert-OH is 1. The zero-order chi connectivity index (χ0) is 15.4. The van der Waals surface area contributed by atoms with Crippen LogP contribution in [0.4, 0.5) is 0 Å². The van der Waals surface area contributed by atoms with Gasteiger partial charge < -0.3 is 15.3 Å². The fourth-order valence-electron chi connectivity index (χ4n) is 2.23. The van der Waals surface area contributed by atoms with Gasteiger partial charge in [0.2, 0.25) is 5.91 Å². The van der Waals surface area contributed by atoms with Crippen molar-refractivity contribution in [2.45, 2.75) is 25.9 Å². The lowest BCUT2D eigenvalue weighted by Gasteiger charge is -2.21. The Kier molecular flexibility index (Phi) is 4.96. The fourth-order valence-corrected chi connectivity index (χ4v) is 2.23. The van der Waals surface area contributed by atoms with Crippen LogP contribution in [0.15, 0.2) is 24.3 Å². The fraction of sp³-hybridized carbons (Fsp3) is 0.500. The molecule has 1 unspecified atom stereocenters. The maximum Gasteiger partial charge on any atom is 0.251 e. The Labute approximate surface area is 125 Å². The number of carbonyl (C=O) groups is 2. The van der Waals surface area contributed by atoms with Crippen LogP contribution >= 0.6 is 0 Å². The van der Waals surface area contributed by atoms with E-state index in [0.717, 1.165) is 18.4 Å². The monoisotopic (exact) mass is 290 g/mol. The van der Waals surface area contributed by atoms with Crippen LogP contribution in [0.3, 0.4) is 0 Å². The molecule has 2 rings (SSSR count). The summed E-state index contributed by atoms with van der Waals surface area (Å²) in [6.45, 7) is 2.12. The third kappa shape index (κ3) is 4.29. The molecule has 0 aliphatic heterocycles. The van der Waals surface area contributed by atoms with E-state index in [2.05, 4.69) is 5.32 Å². The van der Waals surface area contributed by atoms with Crippen molar-refractivity contribution in [3.8, 4) is 0 Å². The zero-order valence-corrected chi connectivity index (χ0v) is 12.5.